The first kappa shape index (κ1) is 10.7. The Balaban J connectivity index is 2.04. The van der Waals surface area contributed by atoms with Crippen molar-refractivity contribution in [3.63, 3.8) is 0 Å². The van der Waals surface area contributed by atoms with E-state index in [1.165, 1.54) is 0 Å². The zero-order chi connectivity index (χ0) is 11.5. The molecule has 1 unspecified atom stereocenters. The third-order valence-corrected chi connectivity index (χ3v) is 2.58. The molecule has 0 N–H and O–H groups in total. The fourth-order valence-corrected chi connectivity index (χ4v) is 1.51. The van der Waals surface area contributed by atoms with Crippen molar-refractivity contribution in [2.75, 3.05) is 0 Å². The molecule has 0 saturated heterocycles. The van der Waals surface area contributed by atoms with Crippen molar-refractivity contribution in [1.82, 2.24) is 0 Å². The van der Waals surface area contributed by atoms with E-state index in [0.29, 0.717) is 5.75 Å². The van der Waals surface area contributed by atoms with Gasteiger partial charge >= 0.3 is 0 Å². The van der Waals surface area contributed by atoms with Crippen LogP contribution in [-0.2, 0) is 0 Å². The number of hydrogen-bond acceptors (Lipinski definition) is 3. The molecular weight excluding hydrogens is 202 g/mol. The Labute approximate surface area is 94.6 Å². The smallest absolute Gasteiger partial charge is 0.181 e. The fraction of sp³-hybridized carbons (Fsp3) is 0.385. The fourth-order valence-electron chi connectivity index (χ4n) is 1.51. The van der Waals surface area contributed by atoms with E-state index < -0.39 is 6.10 Å². The van der Waals surface area contributed by atoms with Gasteiger partial charge in [0.25, 0.3) is 0 Å². The van der Waals surface area contributed by atoms with E-state index in [2.05, 4.69) is 0 Å². The normalized spacial score (nSPS) is 16.2. The van der Waals surface area contributed by atoms with Crippen molar-refractivity contribution in [2.24, 2.45) is 5.92 Å². The standard InChI is InChI=1S/C13H13NO2/c1-9(8-14)16-12-6-4-11(5-7-12)13(15)10-2-3-10/h4-7,9-10H,2-3H2,1H3. The van der Waals surface area contributed by atoms with Crippen LogP contribution >= 0.6 is 0 Å². The van der Waals surface area contributed by atoms with Gasteiger partial charge in [-0.1, -0.05) is 0 Å². The lowest BCUT2D eigenvalue weighted by molar-refractivity contribution is 0.0967. The molecule has 1 saturated carbocycles. The van der Waals surface area contributed by atoms with Crippen LogP contribution in [0.15, 0.2) is 24.3 Å². The van der Waals surface area contributed by atoms with Gasteiger partial charge in [-0.05, 0) is 44.0 Å². The summed E-state index contributed by atoms with van der Waals surface area (Å²) in [6.45, 7) is 1.68. The van der Waals surface area contributed by atoms with E-state index in [0.717, 1.165) is 18.4 Å². The van der Waals surface area contributed by atoms with Gasteiger partial charge in [0.15, 0.2) is 11.9 Å². The highest BCUT2D eigenvalue weighted by Crippen LogP contribution is 2.32. The highest BCUT2D eigenvalue weighted by Gasteiger charge is 2.30. The number of benzene rings is 1. The monoisotopic (exact) mass is 215 g/mol. The molecule has 0 spiro atoms. The summed E-state index contributed by atoms with van der Waals surface area (Å²) in [5.74, 6) is 1.09. The van der Waals surface area contributed by atoms with Crippen molar-refractivity contribution < 1.29 is 9.53 Å². The average Bonchev–Trinajstić information content (AvgIpc) is 3.13. The zero-order valence-corrected chi connectivity index (χ0v) is 9.14. The minimum Gasteiger partial charge on any atom is -0.476 e. The van der Waals surface area contributed by atoms with Crippen molar-refractivity contribution in [2.45, 2.75) is 25.9 Å². The van der Waals surface area contributed by atoms with Gasteiger partial charge in [-0.2, -0.15) is 5.26 Å². The molecule has 3 nitrogen and oxygen atoms in total. The number of carbonyl (C=O) groups excluding carboxylic acids is 1. The quantitative estimate of drug-likeness (QED) is 0.725. The molecule has 1 fully saturated rings. The van der Waals surface area contributed by atoms with Crippen LogP contribution in [0.25, 0.3) is 0 Å². The third kappa shape index (κ3) is 2.40. The van der Waals surface area contributed by atoms with Crippen molar-refractivity contribution in [1.29, 1.82) is 5.26 Å². The van der Waals surface area contributed by atoms with Crippen molar-refractivity contribution >= 4 is 5.78 Å². The van der Waals surface area contributed by atoms with Gasteiger partial charge in [0, 0.05) is 11.5 Å². The Kier molecular flexibility index (Phi) is 2.91. The summed E-state index contributed by atoms with van der Waals surface area (Å²) in [7, 11) is 0. The highest BCUT2D eigenvalue weighted by atomic mass is 16.5. The molecule has 2 rings (SSSR count). The van der Waals surface area contributed by atoms with Gasteiger partial charge in [-0.25, -0.2) is 0 Å². The van der Waals surface area contributed by atoms with Gasteiger partial charge in [-0.3, -0.25) is 4.79 Å². The molecule has 1 aromatic rings. The van der Waals surface area contributed by atoms with Crippen molar-refractivity contribution in [3.8, 4) is 11.8 Å². The molecule has 0 heterocycles. The van der Waals surface area contributed by atoms with E-state index in [1.54, 1.807) is 31.2 Å². The summed E-state index contributed by atoms with van der Waals surface area (Å²) in [5, 5.41) is 8.59. The van der Waals surface area contributed by atoms with Gasteiger partial charge in [0.1, 0.15) is 11.8 Å². The molecule has 82 valence electrons. The SMILES string of the molecule is CC(C#N)Oc1ccc(C(=O)C2CC2)cc1. The van der Waals surface area contributed by atoms with E-state index in [4.69, 9.17) is 10.00 Å². The summed E-state index contributed by atoms with van der Waals surface area (Å²) in [6, 6.07) is 9.00. The molecule has 1 aromatic carbocycles. The van der Waals surface area contributed by atoms with Gasteiger partial charge in [0.2, 0.25) is 0 Å². The Hall–Kier alpha value is -1.82. The van der Waals surface area contributed by atoms with Crippen LogP contribution in [0.5, 0.6) is 5.75 Å². The number of nitrogens with zero attached hydrogens (tertiary/aromatic N) is 1. The van der Waals surface area contributed by atoms with Crippen LogP contribution in [0.1, 0.15) is 30.1 Å². The van der Waals surface area contributed by atoms with Gasteiger partial charge < -0.3 is 4.74 Å². The highest BCUT2D eigenvalue weighted by molar-refractivity contribution is 5.99. The maximum absolute atomic E-state index is 11.7. The predicted octanol–water partition coefficient (Wildman–Crippen LogP) is 2.57. The molecule has 1 aliphatic carbocycles. The van der Waals surface area contributed by atoms with E-state index in [1.807, 2.05) is 6.07 Å². The number of rotatable bonds is 4. The van der Waals surface area contributed by atoms with Crippen LogP contribution < -0.4 is 4.74 Å². The van der Waals surface area contributed by atoms with Crippen molar-refractivity contribution in [3.05, 3.63) is 29.8 Å². The lowest BCUT2D eigenvalue weighted by atomic mass is 10.1. The second-order valence-corrected chi connectivity index (χ2v) is 4.05. The summed E-state index contributed by atoms with van der Waals surface area (Å²) in [4.78, 5) is 11.7. The number of hydrogen-bond donors (Lipinski definition) is 0. The minimum absolute atomic E-state index is 0.222. The Morgan fingerprint density at radius 2 is 2.06 bits per heavy atom. The summed E-state index contributed by atoms with van der Waals surface area (Å²) >= 11 is 0. The van der Waals surface area contributed by atoms with Gasteiger partial charge in [0.05, 0.1) is 0 Å². The van der Waals surface area contributed by atoms with E-state index >= 15 is 0 Å². The summed E-state index contributed by atoms with van der Waals surface area (Å²) in [5.41, 5.74) is 0.736. The number of ketones is 1. The predicted molar refractivity (Wildman–Crippen MR) is 59.2 cm³/mol. The van der Waals surface area contributed by atoms with Crippen LogP contribution in [0.4, 0.5) is 0 Å². The molecule has 1 aliphatic rings. The third-order valence-electron chi connectivity index (χ3n) is 2.58. The van der Waals surface area contributed by atoms with Crippen LogP contribution in [0.2, 0.25) is 0 Å². The molecule has 0 radical (unpaired) electrons. The Morgan fingerprint density at radius 3 is 2.56 bits per heavy atom. The lowest BCUT2D eigenvalue weighted by Gasteiger charge is -2.07. The van der Waals surface area contributed by atoms with Crippen LogP contribution in [0, 0.1) is 17.2 Å². The molecule has 0 aromatic heterocycles. The lowest BCUT2D eigenvalue weighted by Crippen LogP contribution is -2.08. The van der Waals surface area contributed by atoms with Crippen LogP contribution in [-0.4, -0.2) is 11.9 Å². The first-order valence-electron chi connectivity index (χ1n) is 5.41. The molecule has 3 heteroatoms. The molecule has 1 atom stereocenters. The minimum atomic E-state index is -0.468. The number of ether oxygens (including phenoxy) is 1. The molecule has 0 aliphatic heterocycles. The van der Waals surface area contributed by atoms with E-state index in [-0.39, 0.29) is 11.7 Å². The Morgan fingerprint density at radius 1 is 1.44 bits per heavy atom. The topological polar surface area (TPSA) is 50.1 Å². The largest absolute Gasteiger partial charge is 0.476 e. The zero-order valence-electron chi connectivity index (χ0n) is 9.14. The number of carbonyl (C=O) groups is 1. The molecule has 0 amide bonds. The first-order valence-corrected chi connectivity index (χ1v) is 5.41. The average molecular weight is 215 g/mol. The van der Waals surface area contributed by atoms with Gasteiger partial charge in [-0.15, -0.1) is 0 Å². The maximum atomic E-state index is 11.7. The molecular formula is C13H13NO2. The van der Waals surface area contributed by atoms with E-state index in [9.17, 15) is 4.79 Å². The molecule has 16 heavy (non-hydrogen) atoms. The second-order valence-electron chi connectivity index (χ2n) is 4.05. The molecule has 0 bridgehead atoms. The summed E-state index contributed by atoms with van der Waals surface area (Å²) in [6.07, 6.45) is 1.57. The van der Waals surface area contributed by atoms with Crippen LogP contribution in [0.3, 0.4) is 0 Å². The number of nitriles is 1. The second kappa shape index (κ2) is 4.36. The Bertz CT molecular complexity index is 426. The summed E-state index contributed by atoms with van der Waals surface area (Å²) < 4.78 is 5.30. The number of Topliss-reactive ketones (excluding diaryl/α,β-unsaturated/α-hetero) is 1. The maximum Gasteiger partial charge on any atom is 0.181 e. The first-order chi connectivity index (χ1) is 7.70.